The fraction of sp³-hybridized carbons (Fsp3) is 0.308. The van der Waals surface area contributed by atoms with Crippen LogP contribution in [0.1, 0.15) is 5.56 Å². The maximum atomic E-state index is 5.77. The molecule has 0 saturated heterocycles. The Morgan fingerprint density at radius 2 is 1.83 bits per heavy atom. The fourth-order valence-electron chi connectivity index (χ4n) is 1.78. The summed E-state index contributed by atoms with van der Waals surface area (Å²) in [5.74, 6) is 2.25. The minimum Gasteiger partial charge on any atom is -0.497 e. The molecule has 0 spiro atoms. The molecule has 1 aromatic heterocycles. The van der Waals surface area contributed by atoms with Crippen LogP contribution in [-0.2, 0) is 13.0 Å². The molecule has 2 rings (SSSR count). The Bertz CT molecular complexity index is 500. The number of methoxy groups -OCH3 is 2. The van der Waals surface area contributed by atoms with Crippen LogP contribution < -0.4 is 15.2 Å². The smallest absolute Gasteiger partial charge is 0.122 e. The van der Waals surface area contributed by atoms with Crippen molar-refractivity contribution in [3.8, 4) is 11.5 Å². The summed E-state index contributed by atoms with van der Waals surface area (Å²) in [6.07, 6.45) is 2.51. The first-order valence-corrected chi connectivity index (χ1v) is 5.72. The van der Waals surface area contributed by atoms with Crippen LogP contribution in [0.5, 0.6) is 11.5 Å². The summed E-state index contributed by atoms with van der Waals surface area (Å²) in [4.78, 5) is 0. The number of aromatic nitrogens is 2. The Kier molecular flexibility index (Phi) is 3.72. The quantitative estimate of drug-likeness (QED) is 0.874. The van der Waals surface area contributed by atoms with E-state index in [1.165, 1.54) is 0 Å². The van der Waals surface area contributed by atoms with Crippen molar-refractivity contribution in [3.63, 3.8) is 0 Å². The van der Waals surface area contributed by atoms with E-state index in [2.05, 4.69) is 5.10 Å². The summed E-state index contributed by atoms with van der Waals surface area (Å²) >= 11 is 0. The van der Waals surface area contributed by atoms with Crippen LogP contribution in [0.4, 0.5) is 5.82 Å². The van der Waals surface area contributed by atoms with Gasteiger partial charge in [-0.3, -0.25) is 0 Å². The molecular formula is C13H17N3O2. The molecule has 2 N–H and O–H groups in total. The van der Waals surface area contributed by atoms with Crippen LogP contribution in [0.25, 0.3) is 0 Å². The van der Waals surface area contributed by atoms with Crippen LogP contribution in [0.2, 0.25) is 0 Å². The molecule has 0 aliphatic carbocycles. The third kappa shape index (κ3) is 2.74. The Labute approximate surface area is 106 Å². The van der Waals surface area contributed by atoms with Crippen LogP contribution in [-0.4, -0.2) is 24.0 Å². The summed E-state index contributed by atoms with van der Waals surface area (Å²) in [7, 11) is 3.29. The number of nitrogen functional groups attached to an aromatic ring is 1. The second kappa shape index (κ2) is 5.44. The monoisotopic (exact) mass is 247 g/mol. The predicted octanol–water partition coefficient (Wildman–Crippen LogP) is 1.73. The summed E-state index contributed by atoms with van der Waals surface area (Å²) in [6.45, 7) is 0.731. The number of benzene rings is 1. The second-order valence-electron chi connectivity index (χ2n) is 3.95. The lowest BCUT2D eigenvalue weighted by atomic mass is 10.1. The normalized spacial score (nSPS) is 10.3. The molecular weight excluding hydrogens is 230 g/mol. The topological polar surface area (TPSA) is 62.3 Å². The molecule has 1 heterocycles. The third-order valence-electron chi connectivity index (χ3n) is 2.77. The molecule has 0 amide bonds. The van der Waals surface area contributed by atoms with Crippen LogP contribution in [0.3, 0.4) is 0 Å². The molecule has 0 unspecified atom stereocenters. The first kappa shape index (κ1) is 12.3. The lowest BCUT2D eigenvalue weighted by molar-refractivity contribution is 0.393. The average molecular weight is 247 g/mol. The van der Waals surface area contributed by atoms with Gasteiger partial charge in [0.15, 0.2) is 0 Å². The third-order valence-corrected chi connectivity index (χ3v) is 2.77. The highest BCUT2D eigenvalue weighted by Gasteiger charge is 2.03. The number of aryl methyl sites for hydroxylation is 2. The standard InChI is InChI=1S/C13H17N3O2/c1-17-11-7-10(8-12(9-11)18-2)4-6-16-13(14)3-5-15-16/h3,5,7-9H,4,6,14H2,1-2H3. The number of anilines is 1. The summed E-state index contributed by atoms with van der Waals surface area (Å²) < 4.78 is 12.2. The number of hydrogen-bond donors (Lipinski definition) is 1. The van der Waals surface area contributed by atoms with Gasteiger partial charge in [0.05, 0.1) is 20.4 Å². The highest BCUT2D eigenvalue weighted by Crippen LogP contribution is 2.23. The van der Waals surface area contributed by atoms with E-state index in [-0.39, 0.29) is 0 Å². The van der Waals surface area contributed by atoms with E-state index in [1.807, 2.05) is 18.2 Å². The molecule has 18 heavy (non-hydrogen) atoms. The van der Waals surface area contributed by atoms with Crippen molar-refractivity contribution in [2.45, 2.75) is 13.0 Å². The van der Waals surface area contributed by atoms with Crippen molar-refractivity contribution in [1.82, 2.24) is 9.78 Å². The van der Waals surface area contributed by atoms with Crippen molar-refractivity contribution < 1.29 is 9.47 Å². The minimum absolute atomic E-state index is 0.671. The first-order valence-electron chi connectivity index (χ1n) is 5.72. The van der Waals surface area contributed by atoms with Crippen molar-refractivity contribution in [1.29, 1.82) is 0 Å². The maximum Gasteiger partial charge on any atom is 0.122 e. The Hall–Kier alpha value is -2.17. The molecule has 1 aromatic carbocycles. The van der Waals surface area contributed by atoms with E-state index in [0.29, 0.717) is 5.82 Å². The molecule has 0 saturated carbocycles. The molecule has 0 radical (unpaired) electrons. The summed E-state index contributed by atoms with van der Waals surface area (Å²) in [6, 6.07) is 7.61. The van der Waals surface area contributed by atoms with Crippen molar-refractivity contribution >= 4 is 5.82 Å². The molecule has 5 heteroatoms. The molecule has 2 aromatic rings. The Balaban J connectivity index is 2.11. The Morgan fingerprint density at radius 1 is 1.17 bits per heavy atom. The van der Waals surface area contributed by atoms with Gasteiger partial charge in [-0.05, 0) is 30.2 Å². The van der Waals surface area contributed by atoms with Gasteiger partial charge in [0.25, 0.3) is 0 Å². The van der Waals surface area contributed by atoms with Gasteiger partial charge in [-0.2, -0.15) is 5.10 Å². The van der Waals surface area contributed by atoms with Crippen LogP contribution >= 0.6 is 0 Å². The number of hydrogen-bond acceptors (Lipinski definition) is 4. The van der Waals surface area contributed by atoms with Crippen LogP contribution in [0, 0.1) is 0 Å². The van der Waals surface area contributed by atoms with Gasteiger partial charge in [0.1, 0.15) is 17.3 Å². The van der Waals surface area contributed by atoms with Gasteiger partial charge in [-0.15, -0.1) is 0 Å². The van der Waals surface area contributed by atoms with E-state index in [9.17, 15) is 0 Å². The SMILES string of the molecule is COc1cc(CCn2nccc2N)cc(OC)c1. The second-order valence-corrected chi connectivity index (χ2v) is 3.95. The van der Waals surface area contributed by atoms with Gasteiger partial charge in [0, 0.05) is 12.6 Å². The summed E-state index contributed by atoms with van der Waals surface area (Å²) in [5, 5.41) is 4.15. The highest BCUT2D eigenvalue weighted by atomic mass is 16.5. The maximum absolute atomic E-state index is 5.77. The Morgan fingerprint density at radius 3 is 2.33 bits per heavy atom. The van der Waals surface area contributed by atoms with E-state index in [1.54, 1.807) is 31.2 Å². The van der Waals surface area contributed by atoms with E-state index < -0.39 is 0 Å². The number of nitrogens with two attached hydrogens (primary N) is 1. The number of nitrogens with zero attached hydrogens (tertiary/aromatic N) is 2. The zero-order chi connectivity index (χ0) is 13.0. The van der Waals surface area contributed by atoms with Crippen LogP contribution in [0.15, 0.2) is 30.5 Å². The molecule has 0 fully saturated rings. The van der Waals surface area contributed by atoms with E-state index in [0.717, 1.165) is 30.0 Å². The predicted molar refractivity (Wildman–Crippen MR) is 69.9 cm³/mol. The molecule has 96 valence electrons. The van der Waals surface area contributed by atoms with Gasteiger partial charge in [-0.1, -0.05) is 0 Å². The fourth-order valence-corrected chi connectivity index (χ4v) is 1.78. The van der Waals surface area contributed by atoms with E-state index in [4.69, 9.17) is 15.2 Å². The average Bonchev–Trinajstić information content (AvgIpc) is 2.81. The molecule has 0 atom stereocenters. The van der Waals surface area contributed by atoms with E-state index >= 15 is 0 Å². The minimum atomic E-state index is 0.671. The lowest BCUT2D eigenvalue weighted by Gasteiger charge is -2.09. The zero-order valence-electron chi connectivity index (χ0n) is 10.6. The molecule has 0 aliphatic heterocycles. The first-order chi connectivity index (χ1) is 8.72. The van der Waals surface area contributed by atoms with Gasteiger partial charge in [0.2, 0.25) is 0 Å². The zero-order valence-corrected chi connectivity index (χ0v) is 10.6. The van der Waals surface area contributed by atoms with Gasteiger partial charge < -0.3 is 15.2 Å². The van der Waals surface area contributed by atoms with Gasteiger partial charge in [-0.25, -0.2) is 4.68 Å². The lowest BCUT2D eigenvalue weighted by Crippen LogP contribution is -2.06. The molecule has 0 bridgehead atoms. The molecule has 0 aliphatic rings. The largest absolute Gasteiger partial charge is 0.497 e. The van der Waals surface area contributed by atoms with Crippen molar-refractivity contribution in [2.75, 3.05) is 20.0 Å². The number of ether oxygens (including phenoxy) is 2. The highest BCUT2D eigenvalue weighted by molar-refractivity contribution is 5.38. The van der Waals surface area contributed by atoms with Gasteiger partial charge >= 0.3 is 0 Å². The van der Waals surface area contributed by atoms with Crippen molar-refractivity contribution in [3.05, 3.63) is 36.0 Å². The van der Waals surface area contributed by atoms with Crippen molar-refractivity contribution in [2.24, 2.45) is 0 Å². The molecule has 5 nitrogen and oxygen atoms in total. The number of rotatable bonds is 5. The summed E-state index contributed by atoms with van der Waals surface area (Å²) in [5.41, 5.74) is 6.89.